The largest absolute Gasteiger partial charge is 0.394 e. The van der Waals surface area contributed by atoms with Crippen molar-refractivity contribution in [3.05, 3.63) is 0 Å². The first-order chi connectivity index (χ1) is 22.6. The van der Waals surface area contributed by atoms with Crippen LogP contribution in [0.15, 0.2) is 4.99 Å². The highest BCUT2D eigenvalue weighted by Gasteiger charge is 2.61. The molecule has 1 amide bonds. The van der Waals surface area contributed by atoms with Gasteiger partial charge in [-0.2, -0.15) is 0 Å². The summed E-state index contributed by atoms with van der Waals surface area (Å²) in [6.45, 7) is -0.393. The van der Waals surface area contributed by atoms with E-state index in [2.05, 4.69) is 15.6 Å². The summed E-state index contributed by atoms with van der Waals surface area (Å²) >= 11 is 0. The Labute approximate surface area is 276 Å². The number of aliphatic hydroxyl groups excluding tert-OH is 6. The van der Waals surface area contributed by atoms with Crippen LogP contribution in [0.25, 0.3) is 0 Å². The molecule has 4 aliphatic rings. The minimum absolute atomic E-state index is 0.0541. The zero-order chi connectivity index (χ0) is 35.5. The number of guanidine groups is 1. The van der Waals surface area contributed by atoms with Crippen LogP contribution in [0.1, 0.15) is 25.7 Å². The van der Waals surface area contributed by atoms with E-state index >= 15 is 0 Å². The van der Waals surface area contributed by atoms with Gasteiger partial charge in [0, 0.05) is 25.6 Å². The predicted molar refractivity (Wildman–Crippen MR) is 165 cm³/mol. The van der Waals surface area contributed by atoms with Crippen LogP contribution in [0.4, 0.5) is 0 Å². The van der Waals surface area contributed by atoms with Gasteiger partial charge in [-0.15, -0.1) is 0 Å². The molecule has 0 radical (unpaired) electrons. The minimum Gasteiger partial charge on any atom is -0.394 e. The number of nitrogens with one attached hydrogen (secondary N) is 2. The molecular formula is C27H53N9O12. The summed E-state index contributed by atoms with van der Waals surface area (Å²) in [4.78, 5) is 17.1. The van der Waals surface area contributed by atoms with Crippen molar-refractivity contribution in [2.45, 2.75) is 129 Å². The Bertz CT molecular complexity index is 1090. The molecule has 278 valence electrons. The average molecular weight is 696 g/mol. The molecule has 0 aromatic rings. The van der Waals surface area contributed by atoms with Gasteiger partial charge >= 0.3 is 0 Å². The lowest BCUT2D eigenvalue weighted by molar-refractivity contribution is -0.316. The number of aliphatic hydroxyl groups is 7. The third kappa shape index (κ3) is 8.69. The molecule has 21 nitrogen and oxygen atoms in total. The lowest BCUT2D eigenvalue weighted by atomic mass is 9.83. The maximum Gasteiger partial charge on any atom is 0.254 e. The first-order valence-electron chi connectivity index (χ1n) is 16.0. The molecule has 0 spiro atoms. The topological polar surface area (TPSA) is 388 Å². The van der Waals surface area contributed by atoms with Gasteiger partial charge in [0.25, 0.3) is 5.91 Å². The molecule has 3 unspecified atom stereocenters. The molecule has 48 heavy (non-hydrogen) atoms. The number of carbonyl (C=O) groups is 1. The first-order valence-corrected chi connectivity index (χ1v) is 16.0. The lowest BCUT2D eigenvalue weighted by Crippen LogP contribution is -2.69. The summed E-state index contributed by atoms with van der Waals surface area (Å²) in [7, 11) is 0. The van der Waals surface area contributed by atoms with Gasteiger partial charge in [0.1, 0.15) is 36.6 Å². The van der Waals surface area contributed by atoms with Crippen molar-refractivity contribution in [3.8, 4) is 0 Å². The second-order valence-electron chi connectivity index (χ2n) is 13.0. The lowest BCUT2D eigenvalue weighted by Gasteiger charge is -2.49. The van der Waals surface area contributed by atoms with Gasteiger partial charge < -0.3 is 99.7 Å². The van der Waals surface area contributed by atoms with Gasteiger partial charge in [-0.3, -0.25) is 4.79 Å². The number of rotatable bonds is 14. The molecule has 2 saturated carbocycles. The third-order valence-electron chi connectivity index (χ3n) is 9.36. The second kappa shape index (κ2) is 16.4. The molecule has 21 heteroatoms. The van der Waals surface area contributed by atoms with Gasteiger partial charge in [0.05, 0.1) is 49.1 Å². The average Bonchev–Trinajstić information content (AvgIpc) is 3.69. The van der Waals surface area contributed by atoms with Crippen molar-refractivity contribution in [3.63, 3.8) is 0 Å². The summed E-state index contributed by atoms with van der Waals surface area (Å²) in [5.41, 5.74) is 32.6. The second-order valence-corrected chi connectivity index (χ2v) is 13.0. The number of nitrogens with two attached hydrogens (primary N) is 6. The maximum absolute atomic E-state index is 13.2. The van der Waals surface area contributed by atoms with Gasteiger partial charge in [0.2, 0.25) is 0 Å². The quantitative estimate of drug-likeness (QED) is 0.0592. The van der Waals surface area contributed by atoms with E-state index in [4.69, 9.17) is 53.3 Å². The SMILES string of the molecule is NCCC(O)CN[C@@H]1C[C@H](O)[C@@H](CN)O[C@@H]1O[C@H]1[C@H](O)[C@@H](O[C@H]2O[C@H](CO)[C@@H](O)[C@H](N)[C@H]2O)[C@H](NC(=O)C2(O)CC2N=C(N)N)C[C@@H]1N. The van der Waals surface area contributed by atoms with E-state index < -0.39 is 116 Å². The Balaban J connectivity index is 1.57. The zero-order valence-corrected chi connectivity index (χ0v) is 26.5. The van der Waals surface area contributed by atoms with Crippen LogP contribution in [-0.4, -0.2) is 177 Å². The Kier molecular flexibility index (Phi) is 13.3. The molecule has 2 aliphatic heterocycles. The Morgan fingerprint density at radius 1 is 0.958 bits per heavy atom. The summed E-state index contributed by atoms with van der Waals surface area (Å²) in [6, 6.07) is -5.03. The third-order valence-corrected chi connectivity index (χ3v) is 9.36. The van der Waals surface area contributed by atoms with Crippen molar-refractivity contribution < 1.29 is 59.5 Å². The van der Waals surface area contributed by atoms with Gasteiger partial charge in [-0.05, 0) is 25.8 Å². The van der Waals surface area contributed by atoms with Gasteiger partial charge in [-0.1, -0.05) is 0 Å². The van der Waals surface area contributed by atoms with Crippen molar-refractivity contribution >= 4 is 11.9 Å². The number of nitrogens with zero attached hydrogens (tertiary/aromatic N) is 1. The molecule has 2 heterocycles. The summed E-state index contributed by atoms with van der Waals surface area (Å²) in [5, 5.41) is 79.9. The van der Waals surface area contributed by atoms with Crippen molar-refractivity contribution in [2.75, 3.05) is 26.2 Å². The molecule has 2 aliphatic carbocycles. The van der Waals surface area contributed by atoms with Crippen molar-refractivity contribution in [2.24, 2.45) is 39.4 Å². The van der Waals surface area contributed by atoms with E-state index in [0.717, 1.165) is 0 Å². The Morgan fingerprint density at radius 3 is 2.25 bits per heavy atom. The summed E-state index contributed by atoms with van der Waals surface area (Å²) in [6.07, 6.45) is -13.8. The van der Waals surface area contributed by atoms with Crippen LogP contribution in [-0.2, 0) is 23.7 Å². The standard InChI is InChI=1S/C27H53N9O12/c28-2-1-9(38)7-34-12-4-13(39)14(6-29)45-23(12)47-21-10(30)3-11(35-25(43)27(44)5-16(27)36-26(32)33)22(20(21)42)48-24-19(41)17(31)18(40)15(8-37)46-24/h9-24,34,37-42,44H,1-8,28-31H2,(H,35,43)(H4,32,33,36)/t9?,10-,11+,12+,13-,14+,15+,16?,17-,18+,19+,20-,21+,22-,23+,24+,27?/m0/s1. The fourth-order valence-corrected chi connectivity index (χ4v) is 6.36. The Hall–Kier alpha value is -1.90. The summed E-state index contributed by atoms with van der Waals surface area (Å²) < 4.78 is 23.8. The fraction of sp³-hybridized carbons (Fsp3) is 0.926. The molecule has 0 bridgehead atoms. The highest BCUT2D eigenvalue weighted by molar-refractivity contribution is 5.90. The van der Waals surface area contributed by atoms with E-state index in [1.54, 1.807) is 0 Å². The number of hydrogen-bond donors (Lipinski definition) is 15. The minimum atomic E-state index is -1.95. The molecule has 0 aromatic carbocycles. The normalized spacial score (nSPS) is 45.3. The molecule has 17 atom stereocenters. The number of hydrogen-bond acceptors (Lipinski definition) is 18. The molecule has 21 N–H and O–H groups in total. The van der Waals surface area contributed by atoms with E-state index in [9.17, 15) is 40.5 Å². The monoisotopic (exact) mass is 695 g/mol. The van der Waals surface area contributed by atoms with E-state index in [1.165, 1.54) is 0 Å². The van der Waals surface area contributed by atoms with Gasteiger partial charge in [-0.25, -0.2) is 4.99 Å². The molecule has 4 rings (SSSR count). The molecular weight excluding hydrogens is 642 g/mol. The van der Waals surface area contributed by atoms with E-state index in [1.807, 2.05) is 0 Å². The number of aliphatic imine (C=N–C) groups is 1. The Morgan fingerprint density at radius 2 is 1.62 bits per heavy atom. The molecule has 4 fully saturated rings. The first kappa shape index (κ1) is 38.9. The van der Waals surface area contributed by atoms with Crippen LogP contribution < -0.4 is 45.0 Å². The number of carbonyl (C=O) groups excluding carboxylic acids is 1. The zero-order valence-electron chi connectivity index (χ0n) is 26.5. The summed E-state index contributed by atoms with van der Waals surface area (Å²) in [5.74, 6) is -1.20. The van der Waals surface area contributed by atoms with Crippen molar-refractivity contribution in [1.29, 1.82) is 0 Å². The van der Waals surface area contributed by atoms with Crippen LogP contribution in [0.3, 0.4) is 0 Å². The van der Waals surface area contributed by atoms with Crippen molar-refractivity contribution in [1.82, 2.24) is 10.6 Å². The highest BCUT2D eigenvalue weighted by Crippen LogP contribution is 2.40. The van der Waals surface area contributed by atoms with Crippen LogP contribution in [0, 0.1) is 0 Å². The number of ether oxygens (including phenoxy) is 4. The predicted octanol–water partition coefficient (Wildman–Crippen LogP) is -9.02. The van der Waals surface area contributed by atoms with Crippen LogP contribution in [0.5, 0.6) is 0 Å². The van der Waals surface area contributed by atoms with Gasteiger partial charge in [0.15, 0.2) is 24.1 Å². The molecule has 0 aromatic heterocycles. The van der Waals surface area contributed by atoms with Crippen LogP contribution in [0.2, 0.25) is 0 Å². The molecule has 2 saturated heterocycles. The smallest absolute Gasteiger partial charge is 0.254 e. The fourth-order valence-electron chi connectivity index (χ4n) is 6.36. The van der Waals surface area contributed by atoms with E-state index in [0.29, 0.717) is 6.42 Å². The number of amides is 1. The van der Waals surface area contributed by atoms with E-state index in [-0.39, 0.29) is 44.9 Å². The highest BCUT2D eigenvalue weighted by atomic mass is 16.7. The van der Waals surface area contributed by atoms with Crippen LogP contribution >= 0.6 is 0 Å². The maximum atomic E-state index is 13.2.